The SMILES string of the molecule is COc1cc(C(=O)Oc2ccc(O)c3c2C(=O)c2ccccc2C3=O)cc(OC)c1OC. The molecule has 4 rings (SSSR count). The highest BCUT2D eigenvalue weighted by atomic mass is 16.5. The number of esters is 1. The lowest BCUT2D eigenvalue weighted by Crippen LogP contribution is -2.23. The molecule has 0 aromatic heterocycles. The number of phenolic OH excluding ortho intramolecular Hbond substituents is 1. The van der Waals surface area contributed by atoms with Crippen LogP contribution < -0.4 is 18.9 Å². The first-order chi connectivity index (χ1) is 15.4. The Kier molecular flexibility index (Phi) is 5.28. The maximum Gasteiger partial charge on any atom is 0.343 e. The maximum atomic E-state index is 13.1. The number of fused-ring (bicyclic) bond motifs is 2. The van der Waals surface area contributed by atoms with Crippen molar-refractivity contribution in [1.29, 1.82) is 0 Å². The Morgan fingerprint density at radius 1 is 0.750 bits per heavy atom. The fraction of sp³-hybridized carbons (Fsp3) is 0.125. The summed E-state index contributed by atoms with van der Waals surface area (Å²) in [4.78, 5) is 39.0. The molecule has 1 aliphatic rings. The quantitative estimate of drug-likeness (QED) is 0.376. The number of aromatic hydroxyl groups is 1. The number of benzene rings is 3. The fourth-order valence-corrected chi connectivity index (χ4v) is 3.62. The topological polar surface area (TPSA) is 108 Å². The van der Waals surface area contributed by atoms with Crippen LogP contribution in [-0.4, -0.2) is 44.0 Å². The second kappa shape index (κ2) is 8.07. The van der Waals surface area contributed by atoms with E-state index in [9.17, 15) is 19.5 Å². The zero-order valence-electron chi connectivity index (χ0n) is 17.4. The Morgan fingerprint density at radius 3 is 1.84 bits per heavy atom. The molecule has 0 heterocycles. The molecule has 0 fully saturated rings. The van der Waals surface area contributed by atoms with Crippen molar-refractivity contribution in [3.05, 3.63) is 76.3 Å². The van der Waals surface area contributed by atoms with E-state index in [0.29, 0.717) is 5.75 Å². The molecule has 0 bridgehead atoms. The average Bonchev–Trinajstić information content (AvgIpc) is 2.82. The van der Waals surface area contributed by atoms with Crippen LogP contribution in [0.3, 0.4) is 0 Å². The third-order valence-corrected chi connectivity index (χ3v) is 5.12. The number of rotatable bonds is 5. The summed E-state index contributed by atoms with van der Waals surface area (Å²) in [5, 5.41) is 10.3. The van der Waals surface area contributed by atoms with E-state index in [-0.39, 0.29) is 50.8 Å². The molecule has 3 aromatic rings. The van der Waals surface area contributed by atoms with Gasteiger partial charge >= 0.3 is 5.97 Å². The minimum Gasteiger partial charge on any atom is -0.507 e. The normalized spacial score (nSPS) is 12.0. The van der Waals surface area contributed by atoms with Gasteiger partial charge in [-0.25, -0.2) is 4.79 Å². The molecule has 8 nitrogen and oxygen atoms in total. The lowest BCUT2D eigenvalue weighted by Gasteiger charge is -2.20. The van der Waals surface area contributed by atoms with Gasteiger partial charge in [0, 0.05) is 11.1 Å². The summed E-state index contributed by atoms with van der Waals surface area (Å²) >= 11 is 0. The van der Waals surface area contributed by atoms with E-state index in [1.807, 2.05) is 0 Å². The van der Waals surface area contributed by atoms with Gasteiger partial charge in [-0.05, 0) is 24.3 Å². The number of methoxy groups -OCH3 is 3. The summed E-state index contributed by atoms with van der Waals surface area (Å²) in [6.07, 6.45) is 0. The molecule has 3 aromatic carbocycles. The lowest BCUT2D eigenvalue weighted by atomic mass is 9.83. The van der Waals surface area contributed by atoms with E-state index in [2.05, 4.69) is 0 Å². The van der Waals surface area contributed by atoms with Crippen molar-refractivity contribution in [3.63, 3.8) is 0 Å². The standard InChI is InChI=1S/C24H18O8/c1-29-17-10-12(11-18(30-2)23(17)31-3)24(28)32-16-9-8-15(25)19-20(16)22(27)14-7-5-4-6-13(14)21(19)26/h4-11,25H,1-3H3. The highest BCUT2D eigenvalue weighted by Gasteiger charge is 2.35. The monoisotopic (exact) mass is 434 g/mol. The molecule has 32 heavy (non-hydrogen) atoms. The van der Waals surface area contributed by atoms with Gasteiger partial charge in [0.1, 0.15) is 11.5 Å². The van der Waals surface area contributed by atoms with E-state index in [1.54, 1.807) is 12.1 Å². The third kappa shape index (κ3) is 3.22. The van der Waals surface area contributed by atoms with Gasteiger partial charge in [0.25, 0.3) is 0 Å². The van der Waals surface area contributed by atoms with Crippen molar-refractivity contribution in [2.45, 2.75) is 0 Å². The van der Waals surface area contributed by atoms with E-state index in [0.717, 1.165) is 0 Å². The molecule has 8 heteroatoms. The van der Waals surface area contributed by atoms with E-state index >= 15 is 0 Å². The van der Waals surface area contributed by atoms with Crippen LogP contribution in [-0.2, 0) is 0 Å². The predicted octanol–water partition coefficient (Wildman–Crippen LogP) is 3.41. The summed E-state index contributed by atoms with van der Waals surface area (Å²) in [6.45, 7) is 0. The molecule has 0 aliphatic heterocycles. The molecule has 1 aliphatic carbocycles. The molecule has 162 valence electrons. The number of ether oxygens (including phenoxy) is 4. The second-order valence-electron chi connectivity index (χ2n) is 6.84. The first-order valence-corrected chi connectivity index (χ1v) is 9.47. The fourth-order valence-electron chi connectivity index (χ4n) is 3.62. The summed E-state index contributed by atoms with van der Waals surface area (Å²) in [7, 11) is 4.25. The summed E-state index contributed by atoms with van der Waals surface area (Å²) in [5.74, 6) is -1.62. The van der Waals surface area contributed by atoms with Crippen molar-refractivity contribution in [2.24, 2.45) is 0 Å². The Hall–Kier alpha value is -4.33. The Bertz CT molecular complexity index is 1250. The Labute approximate surface area is 182 Å². The van der Waals surface area contributed by atoms with Crippen LogP contribution in [0, 0.1) is 0 Å². The highest BCUT2D eigenvalue weighted by Crippen LogP contribution is 2.40. The van der Waals surface area contributed by atoms with Crippen LogP contribution in [0.2, 0.25) is 0 Å². The third-order valence-electron chi connectivity index (χ3n) is 5.12. The number of carbonyl (C=O) groups excluding carboxylic acids is 3. The van der Waals surface area contributed by atoms with E-state index < -0.39 is 17.5 Å². The van der Waals surface area contributed by atoms with Gasteiger partial charge in [-0.2, -0.15) is 0 Å². The summed E-state index contributed by atoms with van der Waals surface area (Å²) < 4.78 is 21.2. The first kappa shape index (κ1) is 20.9. The van der Waals surface area contributed by atoms with Gasteiger partial charge in [0.15, 0.2) is 23.1 Å². The van der Waals surface area contributed by atoms with Gasteiger partial charge in [-0.1, -0.05) is 24.3 Å². The molecule has 0 unspecified atom stereocenters. The molecular formula is C24H18O8. The average molecular weight is 434 g/mol. The number of carbonyl (C=O) groups is 3. The Balaban J connectivity index is 1.78. The second-order valence-corrected chi connectivity index (χ2v) is 6.84. The first-order valence-electron chi connectivity index (χ1n) is 9.47. The zero-order valence-corrected chi connectivity index (χ0v) is 17.4. The minimum atomic E-state index is -0.823. The van der Waals surface area contributed by atoms with Crippen molar-refractivity contribution in [3.8, 4) is 28.7 Å². The minimum absolute atomic E-state index is 0.0660. The largest absolute Gasteiger partial charge is 0.507 e. The van der Waals surface area contributed by atoms with Gasteiger partial charge in [0.05, 0.1) is 38.0 Å². The molecule has 0 saturated heterocycles. The Morgan fingerprint density at radius 2 is 1.31 bits per heavy atom. The molecule has 0 radical (unpaired) electrons. The summed E-state index contributed by atoms with van der Waals surface area (Å²) in [5.41, 5.74) is 0.0313. The van der Waals surface area contributed by atoms with Crippen LogP contribution in [0.5, 0.6) is 28.7 Å². The van der Waals surface area contributed by atoms with Gasteiger partial charge < -0.3 is 24.1 Å². The van der Waals surface area contributed by atoms with Crippen molar-refractivity contribution in [2.75, 3.05) is 21.3 Å². The van der Waals surface area contributed by atoms with Crippen molar-refractivity contribution < 1.29 is 38.4 Å². The van der Waals surface area contributed by atoms with Crippen LogP contribution in [0.25, 0.3) is 0 Å². The predicted molar refractivity (Wildman–Crippen MR) is 112 cm³/mol. The number of hydrogen-bond acceptors (Lipinski definition) is 8. The highest BCUT2D eigenvalue weighted by molar-refractivity contribution is 6.30. The van der Waals surface area contributed by atoms with Crippen LogP contribution in [0.1, 0.15) is 42.2 Å². The molecule has 1 N–H and O–H groups in total. The number of phenols is 1. The molecule has 0 spiro atoms. The van der Waals surface area contributed by atoms with Crippen LogP contribution >= 0.6 is 0 Å². The molecule has 0 atom stereocenters. The lowest BCUT2D eigenvalue weighted by molar-refractivity contribution is 0.0730. The van der Waals surface area contributed by atoms with E-state index in [4.69, 9.17) is 18.9 Å². The summed E-state index contributed by atoms with van der Waals surface area (Å²) in [6, 6.07) is 11.5. The maximum absolute atomic E-state index is 13.1. The molecule has 0 amide bonds. The molecule has 0 saturated carbocycles. The van der Waals surface area contributed by atoms with Crippen LogP contribution in [0.15, 0.2) is 48.5 Å². The van der Waals surface area contributed by atoms with Gasteiger partial charge in [0.2, 0.25) is 5.75 Å². The number of hydrogen-bond donors (Lipinski definition) is 1. The van der Waals surface area contributed by atoms with Crippen LogP contribution in [0.4, 0.5) is 0 Å². The van der Waals surface area contributed by atoms with Gasteiger partial charge in [-0.15, -0.1) is 0 Å². The van der Waals surface area contributed by atoms with Gasteiger partial charge in [-0.3, -0.25) is 9.59 Å². The van der Waals surface area contributed by atoms with Crippen molar-refractivity contribution >= 4 is 17.5 Å². The van der Waals surface area contributed by atoms with Crippen molar-refractivity contribution in [1.82, 2.24) is 0 Å². The zero-order chi connectivity index (χ0) is 23.0. The smallest absolute Gasteiger partial charge is 0.343 e. The van der Waals surface area contributed by atoms with E-state index in [1.165, 1.54) is 57.7 Å². The molecular weight excluding hydrogens is 416 g/mol. The number of ketones is 2.